The van der Waals surface area contributed by atoms with E-state index in [2.05, 4.69) is 13.8 Å². The first-order chi connectivity index (χ1) is 6.70. The summed E-state index contributed by atoms with van der Waals surface area (Å²) in [5.41, 5.74) is 5.71. The average Bonchev–Trinajstić information content (AvgIpc) is 2.20. The molecule has 0 bridgehead atoms. The van der Waals surface area contributed by atoms with E-state index in [1.807, 2.05) is 0 Å². The largest absolute Gasteiger partial charge is 0.374 e. The lowest BCUT2D eigenvalue weighted by atomic mass is 9.81. The molecule has 0 aromatic heterocycles. The summed E-state index contributed by atoms with van der Waals surface area (Å²) in [4.78, 5) is 0. The summed E-state index contributed by atoms with van der Waals surface area (Å²) in [7, 11) is 0. The minimum absolute atomic E-state index is 0.0727. The fourth-order valence-corrected chi connectivity index (χ4v) is 2.55. The van der Waals surface area contributed by atoms with E-state index in [1.165, 1.54) is 32.1 Å². The Kier molecular flexibility index (Phi) is 4.90. The Labute approximate surface area is 88.2 Å². The molecule has 2 nitrogen and oxygen atoms in total. The topological polar surface area (TPSA) is 35.2 Å². The van der Waals surface area contributed by atoms with Crippen LogP contribution in [0, 0.1) is 5.92 Å². The summed E-state index contributed by atoms with van der Waals surface area (Å²) in [5, 5.41) is 0. The quantitative estimate of drug-likeness (QED) is 0.739. The molecule has 14 heavy (non-hydrogen) atoms. The molecule has 0 heterocycles. The molecule has 0 aromatic carbocycles. The molecule has 1 unspecified atom stereocenters. The van der Waals surface area contributed by atoms with E-state index in [0.717, 1.165) is 18.9 Å². The van der Waals surface area contributed by atoms with Crippen molar-refractivity contribution in [2.24, 2.45) is 11.7 Å². The summed E-state index contributed by atoms with van der Waals surface area (Å²) >= 11 is 0. The Bertz CT molecular complexity index is 154. The van der Waals surface area contributed by atoms with Crippen LogP contribution in [0.2, 0.25) is 0 Å². The standard InChI is InChI=1S/C12H25NO/c1-3-14-12(2,10-13)9-11-7-5-4-6-8-11/h11H,3-10,13H2,1-2H3. The van der Waals surface area contributed by atoms with Gasteiger partial charge in [-0.2, -0.15) is 0 Å². The van der Waals surface area contributed by atoms with Crippen molar-refractivity contribution in [3.8, 4) is 0 Å². The summed E-state index contributed by atoms with van der Waals surface area (Å²) < 4.78 is 5.76. The molecule has 84 valence electrons. The van der Waals surface area contributed by atoms with Crippen LogP contribution in [0.5, 0.6) is 0 Å². The Balaban J connectivity index is 2.37. The fraction of sp³-hybridized carbons (Fsp3) is 1.00. The molecule has 1 fully saturated rings. The molecule has 1 saturated carbocycles. The monoisotopic (exact) mass is 199 g/mol. The Hall–Kier alpha value is -0.0800. The van der Waals surface area contributed by atoms with Crippen LogP contribution in [0.1, 0.15) is 52.4 Å². The predicted molar refractivity (Wildman–Crippen MR) is 60.3 cm³/mol. The molecule has 2 N–H and O–H groups in total. The minimum atomic E-state index is -0.0727. The molecule has 1 rings (SSSR count). The van der Waals surface area contributed by atoms with Crippen molar-refractivity contribution in [2.75, 3.05) is 13.2 Å². The average molecular weight is 199 g/mol. The molecule has 0 radical (unpaired) electrons. The van der Waals surface area contributed by atoms with Gasteiger partial charge in [-0.3, -0.25) is 0 Å². The van der Waals surface area contributed by atoms with Gasteiger partial charge in [0.1, 0.15) is 0 Å². The first-order valence-electron chi connectivity index (χ1n) is 6.04. The molecule has 1 aliphatic rings. The van der Waals surface area contributed by atoms with Gasteiger partial charge in [0.2, 0.25) is 0 Å². The second-order valence-electron chi connectivity index (χ2n) is 4.80. The van der Waals surface area contributed by atoms with Crippen LogP contribution in [0.25, 0.3) is 0 Å². The van der Waals surface area contributed by atoms with Gasteiger partial charge in [-0.05, 0) is 26.2 Å². The maximum absolute atomic E-state index is 5.79. The van der Waals surface area contributed by atoms with E-state index in [-0.39, 0.29) is 5.60 Å². The fourth-order valence-electron chi connectivity index (χ4n) is 2.55. The molecular weight excluding hydrogens is 174 g/mol. The SMILES string of the molecule is CCOC(C)(CN)CC1CCCCC1. The van der Waals surface area contributed by atoms with E-state index in [1.54, 1.807) is 0 Å². The molecule has 2 heteroatoms. The van der Waals surface area contributed by atoms with Crippen molar-refractivity contribution in [3.63, 3.8) is 0 Å². The van der Waals surface area contributed by atoms with Gasteiger partial charge in [0.25, 0.3) is 0 Å². The number of hydrogen-bond donors (Lipinski definition) is 1. The van der Waals surface area contributed by atoms with Gasteiger partial charge in [0, 0.05) is 13.2 Å². The lowest BCUT2D eigenvalue weighted by Crippen LogP contribution is -2.39. The number of rotatable bonds is 5. The maximum Gasteiger partial charge on any atom is 0.0778 e. The molecule has 0 aliphatic heterocycles. The third-order valence-corrected chi connectivity index (χ3v) is 3.37. The highest BCUT2D eigenvalue weighted by molar-refractivity contribution is 4.81. The van der Waals surface area contributed by atoms with Crippen LogP contribution in [0.3, 0.4) is 0 Å². The molecule has 0 saturated heterocycles. The van der Waals surface area contributed by atoms with E-state index < -0.39 is 0 Å². The van der Waals surface area contributed by atoms with E-state index >= 15 is 0 Å². The van der Waals surface area contributed by atoms with Crippen LogP contribution in [-0.4, -0.2) is 18.8 Å². The van der Waals surface area contributed by atoms with E-state index in [0.29, 0.717) is 6.54 Å². The Morgan fingerprint density at radius 1 is 1.29 bits per heavy atom. The van der Waals surface area contributed by atoms with Crippen molar-refractivity contribution in [3.05, 3.63) is 0 Å². The number of ether oxygens (including phenoxy) is 1. The molecule has 0 aromatic rings. The minimum Gasteiger partial charge on any atom is -0.374 e. The first kappa shape index (κ1) is 12.0. The molecule has 0 spiro atoms. The third kappa shape index (κ3) is 3.58. The lowest BCUT2D eigenvalue weighted by molar-refractivity contribution is -0.0379. The predicted octanol–water partition coefficient (Wildman–Crippen LogP) is 2.71. The van der Waals surface area contributed by atoms with Crippen LogP contribution >= 0.6 is 0 Å². The lowest BCUT2D eigenvalue weighted by Gasteiger charge is -2.33. The van der Waals surface area contributed by atoms with Crippen LogP contribution < -0.4 is 5.73 Å². The molecule has 1 aliphatic carbocycles. The zero-order valence-corrected chi connectivity index (χ0v) is 9.72. The molecule has 0 amide bonds. The highest BCUT2D eigenvalue weighted by Crippen LogP contribution is 2.31. The van der Waals surface area contributed by atoms with Crippen molar-refractivity contribution in [1.82, 2.24) is 0 Å². The summed E-state index contributed by atoms with van der Waals surface area (Å²) in [6, 6.07) is 0. The normalized spacial score (nSPS) is 23.4. The van der Waals surface area contributed by atoms with Gasteiger partial charge in [-0.1, -0.05) is 32.1 Å². The second-order valence-corrected chi connectivity index (χ2v) is 4.80. The highest BCUT2D eigenvalue weighted by Gasteiger charge is 2.27. The second kappa shape index (κ2) is 5.72. The van der Waals surface area contributed by atoms with Crippen molar-refractivity contribution in [2.45, 2.75) is 58.0 Å². The number of nitrogens with two attached hydrogens (primary N) is 1. The zero-order valence-electron chi connectivity index (χ0n) is 9.72. The summed E-state index contributed by atoms with van der Waals surface area (Å²) in [6.07, 6.45) is 8.13. The van der Waals surface area contributed by atoms with Crippen LogP contribution in [0.15, 0.2) is 0 Å². The summed E-state index contributed by atoms with van der Waals surface area (Å²) in [6.45, 7) is 5.64. The maximum atomic E-state index is 5.79. The van der Waals surface area contributed by atoms with Crippen LogP contribution in [-0.2, 0) is 4.74 Å². The van der Waals surface area contributed by atoms with Crippen molar-refractivity contribution >= 4 is 0 Å². The van der Waals surface area contributed by atoms with Gasteiger partial charge in [0.05, 0.1) is 5.60 Å². The van der Waals surface area contributed by atoms with Gasteiger partial charge in [-0.15, -0.1) is 0 Å². The smallest absolute Gasteiger partial charge is 0.0778 e. The third-order valence-electron chi connectivity index (χ3n) is 3.37. The van der Waals surface area contributed by atoms with Gasteiger partial charge >= 0.3 is 0 Å². The van der Waals surface area contributed by atoms with Crippen LogP contribution in [0.4, 0.5) is 0 Å². The summed E-state index contributed by atoms with van der Waals surface area (Å²) in [5.74, 6) is 0.851. The zero-order chi connectivity index (χ0) is 10.4. The molecule has 1 atom stereocenters. The number of hydrogen-bond acceptors (Lipinski definition) is 2. The van der Waals surface area contributed by atoms with Crippen molar-refractivity contribution < 1.29 is 4.74 Å². The van der Waals surface area contributed by atoms with E-state index in [4.69, 9.17) is 10.5 Å². The van der Waals surface area contributed by atoms with Crippen molar-refractivity contribution in [1.29, 1.82) is 0 Å². The van der Waals surface area contributed by atoms with Gasteiger partial charge < -0.3 is 10.5 Å². The van der Waals surface area contributed by atoms with Gasteiger partial charge in [-0.25, -0.2) is 0 Å². The Morgan fingerprint density at radius 3 is 2.43 bits per heavy atom. The first-order valence-corrected chi connectivity index (χ1v) is 6.04. The highest BCUT2D eigenvalue weighted by atomic mass is 16.5. The molecular formula is C12H25NO. The van der Waals surface area contributed by atoms with E-state index in [9.17, 15) is 0 Å². The van der Waals surface area contributed by atoms with Gasteiger partial charge in [0.15, 0.2) is 0 Å². The Morgan fingerprint density at radius 2 is 1.93 bits per heavy atom.